The number of phosphoric ester groups is 2. The molecular formula is C78H152O17P2. The van der Waals surface area contributed by atoms with Crippen LogP contribution in [0.25, 0.3) is 0 Å². The van der Waals surface area contributed by atoms with E-state index in [-0.39, 0.29) is 25.7 Å². The Morgan fingerprint density at radius 3 is 0.701 bits per heavy atom. The van der Waals surface area contributed by atoms with Crippen molar-refractivity contribution in [2.45, 2.75) is 426 Å². The van der Waals surface area contributed by atoms with Gasteiger partial charge in [0.15, 0.2) is 12.2 Å². The number of esters is 4. The lowest BCUT2D eigenvalue weighted by Gasteiger charge is -2.21. The van der Waals surface area contributed by atoms with Crippen LogP contribution in [-0.2, 0) is 65.4 Å². The maximum absolute atomic E-state index is 13.1. The highest BCUT2D eigenvalue weighted by atomic mass is 31.2. The van der Waals surface area contributed by atoms with Crippen LogP contribution in [0.3, 0.4) is 0 Å². The Morgan fingerprint density at radius 1 is 0.278 bits per heavy atom. The van der Waals surface area contributed by atoms with Crippen molar-refractivity contribution in [3.63, 3.8) is 0 Å². The summed E-state index contributed by atoms with van der Waals surface area (Å²) in [6.45, 7) is 9.57. The fourth-order valence-corrected chi connectivity index (χ4v) is 13.6. The molecule has 0 spiro atoms. The summed E-state index contributed by atoms with van der Waals surface area (Å²) in [5.74, 6) is -0.617. The number of aliphatic hydroxyl groups is 1. The van der Waals surface area contributed by atoms with Gasteiger partial charge in [-0.1, -0.05) is 356 Å². The molecule has 0 heterocycles. The topological polar surface area (TPSA) is 237 Å². The minimum Gasteiger partial charge on any atom is -0.462 e. The Kier molecular flexibility index (Phi) is 68.4. The SMILES string of the molecule is CCCCCCCCCCCCCCCCCCCCCCC(=O)O[C@H](COC(=O)CCCCCCCCCCCCCCCC(C)C)COP(=O)(O)OC[C@@H](O)COP(=O)(O)OC[C@@H](COC(=O)CCCCCCCCCC(C)C)OC(=O)CCCCCCCCCCCCC. The number of hydrogen-bond donors (Lipinski definition) is 3. The third-order valence-corrected chi connectivity index (χ3v) is 20.1. The monoisotopic (exact) mass is 1420 g/mol. The van der Waals surface area contributed by atoms with E-state index in [9.17, 15) is 43.2 Å². The van der Waals surface area contributed by atoms with Crippen molar-refractivity contribution in [2.24, 2.45) is 11.8 Å². The quantitative estimate of drug-likeness (QED) is 0.0222. The summed E-state index contributed by atoms with van der Waals surface area (Å²) in [7, 11) is -9.91. The molecule has 0 amide bonds. The average Bonchev–Trinajstić information content (AvgIpc) is 1.25. The van der Waals surface area contributed by atoms with Crippen molar-refractivity contribution in [1.82, 2.24) is 0 Å². The summed E-state index contributed by atoms with van der Waals surface area (Å²) in [4.78, 5) is 72.8. The fourth-order valence-electron chi connectivity index (χ4n) is 12.0. The number of unbranched alkanes of at least 4 members (excludes halogenated alkanes) is 47. The Morgan fingerprint density at radius 2 is 0.474 bits per heavy atom. The van der Waals surface area contributed by atoms with Gasteiger partial charge in [0.1, 0.15) is 19.3 Å². The smallest absolute Gasteiger partial charge is 0.462 e. The molecule has 0 saturated heterocycles. The highest BCUT2D eigenvalue weighted by Crippen LogP contribution is 2.45. The second kappa shape index (κ2) is 69.8. The first kappa shape index (κ1) is 95.1. The van der Waals surface area contributed by atoms with E-state index in [1.807, 2.05) is 0 Å². The van der Waals surface area contributed by atoms with Crippen LogP contribution in [0.5, 0.6) is 0 Å². The van der Waals surface area contributed by atoms with Crippen molar-refractivity contribution < 1.29 is 80.2 Å². The van der Waals surface area contributed by atoms with E-state index in [0.717, 1.165) is 102 Å². The van der Waals surface area contributed by atoms with E-state index >= 15 is 0 Å². The van der Waals surface area contributed by atoms with E-state index in [1.54, 1.807) is 0 Å². The van der Waals surface area contributed by atoms with Crippen molar-refractivity contribution in [3.8, 4) is 0 Å². The molecular weight excluding hydrogens is 1270 g/mol. The lowest BCUT2D eigenvalue weighted by molar-refractivity contribution is -0.161. The van der Waals surface area contributed by atoms with Crippen molar-refractivity contribution in [1.29, 1.82) is 0 Å². The van der Waals surface area contributed by atoms with Crippen molar-refractivity contribution >= 4 is 39.5 Å². The highest BCUT2D eigenvalue weighted by Gasteiger charge is 2.30. The minimum absolute atomic E-state index is 0.106. The van der Waals surface area contributed by atoms with Crippen LogP contribution in [0.4, 0.5) is 0 Å². The van der Waals surface area contributed by atoms with Gasteiger partial charge in [-0.25, -0.2) is 9.13 Å². The third-order valence-electron chi connectivity index (χ3n) is 18.2. The molecule has 0 aliphatic heterocycles. The van der Waals surface area contributed by atoms with Gasteiger partial charge in [0.2, 0.25) is 0 Å². The van der Waals surface area contributed by atoms with E-state index in [4.69, 9.17) is 37.0 Å². The van der Waals surface area contributed by atoms with Crippen LogP contribution in [0.1, 0.15) is 408 Å². The molecule has 576 valence electrons. The van der Waals surface area contributed by atoms with Crippen LogP contribution in [0.15, 0.2) is 0 Å². The summed E-state index contributed by atoms with van der Waals surface area (Å²) in [6.07, 6.45) is 58.4. The van der Waals surface area contributed by atoms with Crippen LogP contribution in [0.2, 0.25) is 0 Å². The standard InChI is InChI=1S/C78H152O17P2/c1-7-9-11-13-15-17-19-20-21-22-23-24-25-26-29-34-38-44-51-57-63-78(83)94-73(66-88-75(80)60-54-48-42-36-33-30-27-28-32-35-40-46-52-58-70(3)4)68-92-96(84,85)90-64-72(79)65-91-97(86,87)93-69-74(67-89-76(81)61-55-49-45-39-41-47-53-59-71(5)6)95-77(82)62-56-50-43-37-31-18-16-14-12-10-8-2/h70-74,79H,7-69H2,1-6H3,(H,84,85)(H,86,87)/t72-,73-,74-/m1/s1. The molecule has 0 aromatic rings. The summed E-state index contributed by atoms with van der Waals surface area (Å²) < 4.78 is 68.6. The maximum atomic E-state index is 13.1. The van der Waals surface area contributed by atoms with Gasteiger partial charge in [-0.3, -0.25) is 37.3 Å². The summed E-state index contributed by atoms with van der Waals surface area (Å²) >= 11 is 0. The molecule has 0 aromatic heterocycles. The van der Waals surface area contributed by atoms with Gasteiger partial charge >= 0.3 is 39.5 Å². The molecule has 0 aromatic carbocycles. The molecule has 2 unspecified atom stereocenters. The third kappa shape index (κ3) is 72.2. The first-order valence-corrected chi connectivity index (χ1v) is 43.5. The molecule has 0 aliphatic rings. The van der Waals surface area contributed by atoms with Gasteiger partial charge < -0.3 is 33.8 Å². The first-order valence-electron chi connectivity index (χ1n) is 40.5. The Labute approximate surface area is 594 Å². The van der Waals surface area contributed by atoms with E-state index in [1.165, 1.54) is 218 Å². The van der Waals surface area contributed by atoms with Crippen LogP contribution < -0.4 is 0 Å². The number of aliphatic hydroxyl groups excluding tert-OH is 1. The zero-order valence-electron chi connectivity index (χ0n) is 63.4. The molecule has 19 heteroatoms. The first-order chi connectivity index (χ1) is 46.9. The molecule has 3 N–H and O–H groups in total. The Bertz CT molecular complexity index is 1870. The predicted molar refractivity (Wildman–Crippen MR) is 395 cm³/mol. The Balaban J connectivity index is 5.21. The predicted octanol–water partition coefficient (Wildman–Crippen LogP) is 23.1. The van der Waals surface area contributed by atoms with Gasteiger partial charge in [0.05, 0.1) is 26.4 Å². The molecule has 0 fully saturated rings. The molecule has 5 atom stereocenters. The summed E-state index contributed by atoms with van der Waals surface area (Å²) in [6, 6.07) is 0. The molecule has 0 rings (SSSR count). The highest BCUT2D eigenvalue weighted by molar-refractivity contribution is 7.47. The van der Waals surface area contributed by atoms with E-state index in [2.05, 4.69) is 41.5 Å². The fraction of sp³-hybridized carbons (Fsp3) is 0.949. The van der Waals surface area contributed by atoms with Gasteiger partial charge in [-0.15, -0.1) is 0 Å². The molecule has 97 heavy (non-hydrogen) atoms. The summed E-state index contributed by atoms with van der Waals surface area (Å²) in [5, 5.41) is 10.6. The van der Waals surface area contributed by atoms with Gasteiger partial charge in [-0.2, -0.15) is 0 Å². The minimum atomic E-state index is -4.96. The normalized spacial score (nSPS) is 14.0. The molecule has 0 radical (unpaired) electrons. The van der Waals surface area contributed by atoms with Crippen molar-refractivity contribution in [2.75, 3.05) is 39.6 Å². The number of carbonyl (C=O) groups excluding carboxylic acids is 4. The number of carbonyl (C=O) groups is 4. The van der Waals surface area contributed by atoms with E-state index in [0.29, 0.717) is 31.6 Å². The lowest BCUT2D eigenvalue weighted by Crippen LogP contribution is -2.30. The number of phosphoric acid groups is 2. The molecule has 17 nitrogen and oxygen atoms in total. The van der Waals surface area contributed by atoms with Crippen LogP contribution >= 0.6 is 15.6 Å². The largest absolute Gasteiger partial charge is 0.472 e. The number of rotatable bonds is 77. The summed E-state index contributed by atoms with van der Waals surface area (Å²) in [5.41, 5.74) is 0. The second-order valence-corrected chi connectivity index (χ2v) is 32.0. The molecule has 0 bridgehead atoms. The number of ether oxygens (including phenoxy) is 4. The Hall–Kier alpha value is -1.94. The lowest BCUT2D eigenvalue weighted by atomic mass is 10.0. The van der Waals surface area contributed by atoms with Crippen LogP contribution in [0, 0.1) is 11.8 Å². The van der Waals surface area contributed by atoms with Gasteiger partial charge in [0.25, 0.3) is 0 Å². The average molecular weight is 1420 g/mol. The second-order valence-electron chi connectivity index (χ2n) is 29.1. The van der Waals surface area contributed by atoms with Crippen LogP contribution in [-0.4, -0.2) is 96.7 Å². The zero-order chi connectivity index (χ0) is 71.4. The van der Waals surface area contributed by atoms with E-state index < -0.39 is 97.5 Å². The number of hydrogen-bond acceptors (Lipinski definition) is 15. The molecule has 0 saturated carbocycles. The van der Waals surface area contributed by atoms with Gasteiger partial charge in [-0.05, 0) is 37.5 Å². The molecule has 0 aliphatic carbocycles. The van der Waals surface area contributed by atoms with Crippen molar-refractivity contribution in [3.05, 3.63) is 0 Å². The maximum Gasteiger partial charge on any atom is 0.472 e. The zero-order valence-corrected chi connectivity index (χ0v) is 65.2. The van der Waals surface area contributed by atoms with Gasteiger partial charge in [0, 0.05) is 25.7 Å².